The van der Waals surface area contributed by atoms with Crippen LogP contribution in [0.5, 0.6) is 0 Å². The molecule has 0 bridgehead atoms. The lowest BCUT2D eigenvalue weighted by Gasteiger charge is -2.04. The molecule has 0 aliphatic rings. The van der Waals surface area contributed by atoms with E-state index in [0.717, 1.165) is 6.21 Å². The number of carbonyl (C=O) groups is 2. The quantitative estimate of drug-likeness (QED) is 0.103. The number of nitrogens with one attached hydrogen (secondary N) is 4. The number of hydrogen-bond acceptors (Lipinski definition) is 5. The number of hydrazine groups is 1. The zero-order chi connectivity index (χ0) is 10.8. The maximum Gasteiger partial charge on any atom is 0.394 e. The molecule has 0 atom stereocenters. The summed E-state index contributed by atoms with van der Waals surface area (Å²) in [5, 5.41) is 10.5. The second-order valence-electron chi connectivity index (χ2n) is 2.17. The van der Waals surface area contributed by atoms with E-state index in [9.17, 15) is 9.59 Å². The Kier molecular flexibility index (Phi) is 6.88. The van der Waals surface area contributed by atoms with E-state index in [0.29, 0.717) is 0 Å². The van der Waals surface area contributed by atoms with Crippen LogP contribution in [0.3, 0.4) is 0 Å². The largest absolute Gasteiger partial charge is 0.395 e. The van der Waals surface area contributed by atoms with E-state index in [2.05, 4.69) is 21.0 Å². The van der Waals surface area contributed by atoms with Gasteiger partial charge in [-0.1, -0.05) is 0 Å². The van der Waals surface area contributed by atoms with Crippen molar-refractivity contribution in [2.45, 2.75) is 0 Å². The molecule has 0 saturated carbocycles. The molecule has 0 aliphatic carbocycles. The van der Waals surface area contributed by atoms with Crippen LogP contribution in [0.25, 0.3) is 0 Å². The fraction of sp³-hybridized carbons (Fsp3) is 0.500. The molecule has 0 rings (SSSR count). The Morgan fingerprint density at radius 1 is 1.50 bits per heavy atom. The van der Waals surface area contributed by atoms with Crippen molar-refractivity contribution in [3.63, 3.8) is 0 Å². The molecule has 0 saturated heterocycles. The first-order valence-electron chi connectivity index (χ1n) is 3.81. The fourth-order valence-corrected chi connectivity index (χ4v) is 0.533. The van der Waals surface area contributed by atoms with Crippen LogP contribution >= 0.6 is 0 Å². The third kappa shape index (κ3) is 6.92. The van der Waals surface area contributed by atoms with Gasteiger partial charge < -0.3 is 10.4 Å². The molecule has 8 heteroatoms. The molecular weight excluding hydrogens is 190 g/mol. The van der Waals surface area contributed by atoms with Gasteiger partial charge in [0.25, 0.3) is 5.91 Å². The molecule has 0 aromatic rings. The topological polar surface area (TPSA) is 128 Å². The lowest BCUT2D eigenvalue weighted by molar-refractivity contribution is -0.133. The highest BCUT2D eigenvalue weighted by atomic mass is 16.3. The van der Waals surface area contributed by atoms with Gasteiger partial charge in [0.15, 0.2) is 0 Å². The van der Waals surface area contributed by atoms with Gasteiger partial charge in [0.05, 0.1) is 23.5 Å². The Morgan fingerprint density at radius 2 is 2.21 bits per heavy atom. The van der Waals surface area contributed by atoms with E-state index in [1.54, 1.807) is 0 Å². The molecule has 2 amide bonds. The summed E-state index contributed by atoms with van der Waals surface area (Å²) in [7, 11) is 0. The van der Waals surface area contributed by atoms with Crippen LogP contribution in [0.4, 0.5) is 0 Å². The summed E-state index contributed by atoms with van der Waals surface area (Å²) in [5.41, 5.74) is 11.0. The normalized spacial score (nSPS) is 8.64. The summed E-state index contributed by atoms with van der Waals surface area (Å²) in [6.45, 7) is -0.0880. The van der Waals surface area contributed by atoms with Crippen molar-refractivity contribution < 1.29 is 19.5 Å². The van der Waals surface area contributed by atoms with Gasteiger partial charge in [-0.15, -0.1) is 0 Å². The molecule has 8 nitrogen and oxygen atoms in total. The van der Waals surface area contributed by atoms with Crippen molar-refractivity contribution >= 4 is 18.0 Å². The Morgan fingerprint density at radius 3 is 2.79 bits per heavy atom. The van der Waals surface area contributed by atoms with Crippen molar-refractivity contribution in [1.29, 1.82) is 5.53 Å². The van der Waals surface area contributed by atoms with Crippen molar-refractivity contribution in [3.05, 3.63) is 0 Å². The average Bonchev–Trinajstić information content (AvgIpc) is 2.16. The Balaban J connectivity index is 3.53. The monoisotopic (exact) mass is 202 g/mol. The molecule has 0 radical (unpaired) electrons. The summed E-state index contributed by atoms with van der Waals surface area (Å²) in [6.07, 6.45) is 0.744. The molecule has 0 spiro atoms. The maximum atomic E-state index is 10.9. The first-order chi connectivity index (χ1) is 6.70. The zero-order valence-corrected chi connectivity index (χ0v) is 7.41. The molecular formula is C6H12N5O3+. The minimum atomic E-state index is -0.614. The van der Waals surface area contributed by atoms with Gasteiger partial charge in [-0.3, -0.25) is 15.0 Å². The van der Waals surface area contributed by atoms with Crippen LogP contribution in [-0.2, 0) is 9.59 Å². The Labute approximate surface area is 79.9 Å². The average molecular weight is 202 g/mol. The highest BCUT2D eigenvalue weighted by Crippen LogP contribution is 1.62. The van der Waals surface area contributed by atoms with Crippen LogP contribution in [0, 0.1) is 5.53 Å². The molecule has 0 aromatic heterocycles. The summed E-state index contributed by atoms with van der Waals surface area (Å²) in [6, 6.07) is 0. The highest BCUT2D eigenvalue weighted by Gasteiger charge is 2.05. The van der Waals surface area contributed by atoms with E-state index in [1.165, 1.54) is 0 Å². The Hall–Kier alpha value is -1.76. The summed E-state index contributed by atoms with van der Waals surface area (Å²) >= 11 is 0. The lowest BCUT2D eigenvalue weighted by atomic mass is 10.5. The molecule has 14 heavy (non-hydrogen) atoms. The van der Waals surface area contributed by atoms with Crippen molar-refractivity contribution in [1.82, 2.24) is 16.2 Å². The second-order valence-corrected chi connectivity index (χ2v) is 2.17. The zero-order valence-electron chi connectivity index (χ0n) is 7.41. The number of rotatable bonds is 6. The van der Waals surface area contributed by atoms with Crippen LogP contribution in [0.15, 0.2) is 0 Å². The number of amides is 2. The smallest absolute Gasteiger partial charge is 0.394 e. The number of hydrogen-bond donors (Lipinski definition) is 5. The SMILES string of the molecule is N=[N+]=CC(=O)NCC(=O)NNCCO. The molecule has 0 aliphatic heterocycles. The standard InChI is InChI=1S/C6H11N5O3/c7-9-4-5(13)8-3-6(14)11-10-1-2-12/h4,12H,1-3H2,(H3,7,8,13)/p+1. The number of nitrogens with zero attached hydrogens (tertiary/aromatic N) is 1. The molecule has 0 heterocycles. The van der Waals surface area contributed by atoms with Gasteiger partial charge in [0, 0.05) is 6.54 Å². The summed E-state index contributed by atoms with van der Waals surface area (Å²) < 4.78 is 0. The number of carbonyl (C=O) groups excluding carboxylic acids is 2. The van der Waals surface area contributed by atoms with Gasteiger partial charge in [-0.2, -0.15) is 0 Å². The molecule has 0 unspecified atom stereocenters. The molecule has 0 aromatic carbocycles. The highest BCUT2D eigenvalue weighted by molar-refractivity contribution is 6.24. The summed E-state index contributed by atoms with van der Waals surface area (Å²) in [4.78, 5) is 24.2. The predicted octanol–water partition coefficient (Wildman–Crippen LogP) is -2.97. The number of aliphatic hydroxyl groups is 1. The maximum absolute atomic E-state index is 10.9. The first-order valence-corrected chi connectivity index (χ1v) is 3.81. The van der Waals surface area contributed by atoms with Crippen LogP contribution in [-0.4, -0.2) is 47.6 Å². The van der Waals surface area contributed by atoms with Crippen LogP contribution < -0.4 is 16.2 Å². The minimum Gasteiger partial charge on any atom is -0.395 e. The van der Waals surface area contributed by atoms with Crippen molar-refractivity contribution in [2.75, 3.05) is 19.7 Å². The van der Waals surface area contributed by atoms with Gasteiger partial charge >= 0.3 is 12.1 Å². The third-order valence-corrected chi connectivity index (χ3v) is 1.07. The Bertz CT molecular complexity index is 248. The third-order valence-electron chi connectivity index (χ3n) is 1.07. The van der Waals surface area contributed by atoms with Gasteiger partial charge in [0.2, 0.25) is 0 Å². The van der Waals surface area contributed by atoms with E-state index < -0.39 is 11.8 Å². The van der Waals surface area contributed by atoms with Gasteiger partial charge in [0.1, 0.15) is 0 Å². The van der Waals surface area contributed by atoms with E-state index in [4.69, 9.17) is 10.6 Å². The van der Waals surface area contributed by atoms with E-state index in [-0.39, 0.29) is 19.7 Å². The van der Waals surface area contributed by atoms with Crippen molar-refractivity contribution in [2.24, 2.45) is 0 Å². The second kappa shape index (κ2) is 7.87. The fourth-order valence-electron chi connectivity index (χ4n) is 0.533. The predicted molar refractivity (Wildman–Crippen MR) is 45.3 cm³/mol. The molecule has 78 valence electrons. The van der Waals surface area contributed by atoms with E-state index >= 15 is 0 Å². The van der Waals surface area contributed by atoms with E-state index in [1.807, 2.05) is 0 Å². The van der Waals surface area contributed by atoms with Crippen molar-refractivity contribution in [3.8, 4) is 0 Å². The lowest BCUT2D eigenvalue weighted by Crippen LogP contribution is -2.44. The van der Waals surface area contributed by atoms with Gasteiger partial charge in [-0.25, -0.2) is 5.43 Å². The van der Waals surface area contributed by atoms with Crippen LogP contribution in [0.1, 0.15) is 0 Å². The number of aliphatic hydroxyl groups excluding tert-OH is 1. The molecule has 0 fully saturated rings. The first kappa shape index (κ1) is 12.2. The van der Waals surface area contributed by atoms with Gasteiger partial charge in [-0.05, 0) is 0 Å². The summed E-state index contributed by atoms with van der Waals surface area (Å²) in [5.74, 6) is -1.07. The minimum absolute atomic E-state index is 0.0991. The molecule has 5 N–H and O–H groups in total. The van der Waals surface area contributed by atoms with Crippen LogP contribution in [0.2, 0.25) is 0 Å².